The molecule has 0 radical (unpaired) electrons. The van der Waals surface area contributed by atoms with E-state index in [9.17, 15) is 9.59 Å². The van der Waals surface area contributed by atoms with Crippen molar-refractivity contribution in [1.82, 2.24) is 9.27 Å². The third kappa shape index (κ3) is 3.41. The molecule has 1 aromatic heterocycles. The molecule has 1 saturated heterocycles. The smallest absolute Gasteiger partial charge is 0.245 e. The minimum Gasteiger partial charge on any atom is -0.339 e. The highest BCUT2D eigenvalue weighted by molar-refractivity contribution is 7.06. The SMILES string of the molecule is C=CC(=O)N1CCC(C(=O)Nc2cc(C)sn2)CC1. The third-order valence-electron chi connectivity index (χ3n) is 3.23. The zero-order valence-electron chi connectivity index (χ0n) is 10.9. The molecule has 1 aliphatic heterocycles. The lowest BCUT2D eigenvalue weighted by atomic mass is 9.96. The second kappa shape index (κ2) is 5.97. The first-order valence-corrected chi connectivity index (χ1v) is 7.03. The average Bonchev–Trinajstić information content (AvgIpc) is 2.83. The van der Waals surface area contributed by atoms with E-state index in [0.29, 0.717) is 31.7 Å². The monoisotopic (exact) mass is 279 g/mol. The number of hydrogen-bond acceptors (Lipinski definition) is 4. The van der Waals surface area contributed by atoms with Gasteiger partial charge in [0.25, 0.3) is 0 Å². The molecular weight excluding hydrogens is 262 g/mol. The van der Waals surface area contributed by atoms with Crippen LogP contribution in [0.5, 0.6) is 0 Å². The van der Waals surface area contributed by atoms with Crippen LogP contribution >= 0.6 is 11.5 Å². The van der Waals surface area contributed by atoms with Gasteiger partial charge in [-0.15, -0.1) is 0 Å². The van der Waals surface area contributed by atoms with E-state index >= 15 is 0 Å². The number of rotatable bonds is 3. The Kier molecular flexibility index (Phi) is 4.31. The van der Waals surface area contributed by atoms with Crippen molar-refractivity contribution in [2.24, 2.45) is 5.92 Å². The van der Waals surface area contributed by atoms with Gasteiger partial charge < -0.3 is 10.2 Å². The number of likely N-dealkylation sites (tertiary alicyclic amines) is 1. The molecule has 0 atom stereocenters. The van der Waals surface area contributed by atoms with Gasteiger partial charge in [0.2, 0.25) is 11.8 Å². The first-order valence-electron chi connectivity index (χ1n) is 6.25. The number of anilines is 1. The fourth-order valence-corrected chi connectivity index (χ4v) is 2.65. The zero-order valence-corrected chi connectivity index (χ0v) is 11.7. The van der Waals surface area contributed by atoms with Crippen molar-refractivity contribution in [1.29, 1.82) is 0 Å². The van der Waals surface area contributed by atoms with Crippen molar-refractivity contribution in [3.63, 3.8) is 0 Å². The molecule has 5 nitrogen and oxygen atoms in total. The Morgan fingerprint density at radius 3 is 2.74 bits per heavy atom. The lowest BCUT2D eigenvalue weighted by Crippen LogP contribution is -2.40. The first kappa shape index (κ1) is 13.7. The van der Waals surface area contributed by atoms with E-state index in [0.717, 1.165) is 4.88 Å². The maximum atomic E-state index is 12.1. The van der Waals surface area contributed by atoms with Crippen LogP contribution in [0.3, 0.4) is 0 Å². The standard InChI is InChI=1S/C13H17N3O2S/c1-3-12(17)16-6-4-10(5-7-16)13(18)14-11-8-9(2)19-15-11/h3,8,10H,1,4-7H2,2H3,(H,14,15,18). The quantitative estimate of drug-likeness (QED) is 0.858. The van der Waals surface area contributed by atoms with Gasteiger partial charge in [0.05, 0.1) is 0 Å². The lowest BCUT2D eigenvalue weighted by Gasteiger charge is -2.30. The van der Waals surface area contributed by atoms with Gasteiger partial charge in [0.15, 0.2) is 0 Å². The number of carbonyl (C=O) groups excluding carboxylic acids is 2. The van der Waals surface area contributed by atoms with Crippen LogP contribution in [0.25, 0.3) is 0 Å². The highest BCUT2D eigenvalue weighted by atomic mass is 32.1. The summed E-state index contributed by atoms with van der Waals surface area (Å²) in [6.07, 6.45) is 2.70. The van der Waals surface area contributed by atoms with Crippen molar-refractivity contribution in [2.45, 2.75) is 19.8 Å². The minimum absolute atomic E-state index is 0.00370. The van der Waals surface area contributed by atoms with Crippen LogP contribution in [0.15, 0.2) is 18.7 Å². The van der Waals surface area contributed by atoms with Gasteiger partial charge in [-0.3, -0.25) is 9.59 Å². The number of amides is 2. The fraction of sp³-hybridized carbons (Fsp3) is 0.462. The van der Waals surface area contributed by atoms with Crippen molar-refractivity contribution < 1.29 is 9.59 Å². The normalized spacial score (nSPS) is 16.2. The number of aromatic nitrogens is 1. The van der Waals surface area contributed by atoms with Crippen LogP contribution in [-0.4, -0.2) is 34.2 Å². The van der Waals surface area contributed by atoms with Gasteiger partial charge in [0, 0.05) is 23.9 Å². The van der Waals surface area contributed by atoms with Gasteiger partial charge in [-0.25, -0.2) is 0 Å². The summed E-state index contributed by atoms with van der Waals surface area (Å²) in [4.78, 5) is 26.3. The Morgan fingerprint density at radius 2 is 2.21 bits per heavy atom. The molecular formula is C13H17N3O2S. The van der Waals surface area contributed by atoms with E-state index in [2.05, 4.69) is 16.3 Å². The summed E-state index contributed by atoms with van der Waals surface area (Å²) in [5.74, 6) is 0.512. The molecule has 0 spiro atoms. The molecule has 0 saturated carbocycles. The summed E-state index contributed by atoms with van der Waals surface area (Å²) in [7, 11) is 0. The maximum absolute atomic E-state index is 12.1. The number of piperidine rings is 1. The van der Waals surface area contributed by atoms with Crippen LogP contribution in [0.4, 0.5) is 5.82 Å². The Labute approximate surface area is 116 Å². The van der Waals surface area contributed by atoms with Crippen molar-refractivity contribution in [2.75, 3.05) is 18.4 Å². The summed E-state index contributed by atoms with van der Waals surface area (Å²) >= 11 is 1.37. The molecule has 1 N–H and O–H groups in total. The molecule has 0 bridgehead atoms. The van der Waals surface area contributed by atoms with Gasteiger partial charge in [-0.1, -0.05) is 6.58 Å². The molecule has 2 amide bonds. The molecule has 1 aliphatic rings. The lowest BCUT2D eigenvalue weighted by molar-refractivity contribution is -0.130. The molecule has 6 heteroatoms. The van der Waals surface area contributed by atoms with Crippen LogP contribution in [0.2, 0.25) is 0 Å². The number of nitrogens with zero attached hydrogens (tertiary/aromatic N) is 2. The molecule has 1 fully saturated rings. The summed E-state index contributed by atoms with van der Waals surface area (Å²) in [6.45, 7) is 6.64. The molecule has 0 aliphatic carbocycles. The van der Waals surface area contributed by atoms with E-state index in [-0.39, 0.29) is 17.7 Å². The van der Waals surface area contributed by atoms with Crippen LogP contribution < -0.4 is 5.32 Å². The topological polar surface area (TPSA) is 62.3 Å². The largest absolute Gasteiger partial charge is 0.339 e. The molecule has 2 heterocycles. The molecule has 19 heavy (non-hydrogen) atoms. The van der Waals surface area contributed by atoms with Crippen LogP contribution in [0, 0.1) is 12.8 Å². The second-order valence-electron chi connectivity index (χ2n) is 4.62. The molecule has 1 aromatic rings. The van der Waals surface area contributed by atoms with Gasteiger partial charge in [-0.2, -0.15) is 4.37 Å². The Bertz CT molecular complexity index is 490. The Balaban J connectivity index is 1.85. The van der Waals surface area contributed by atoms with Crippen molar-refractivity contribution in [3.05, 3.63) is 23.6 Å². The predicted octanol–water partition coefficient (Wildman–Crippen LogP) is 1.81. The summed E-state index contributed by atoms with van der Waals surface area (Å²) < 4.78 is 4.14. The summed E-state index contributed by atoms with van der Waals surface area (Å²) in [6, 6.07) is 1.86. The highest BCUT2D eigenvalue weighted by Gasteiger charge is 2.26. The van der Waals surface area contributed by atoms with Crippen molar-refractivity contribution in [3.8, 4) is 0 Å². The molecule has 0 aromatic carbocycles. The number of carbonyl (C=O) groups is 2. The van der Waals surface area contributed by atoms with E-state index < -0.39 is 0 Å². The van der Waals surface area contributed by atoms with Gasteiger partial charge in [-0.05, 0) is 43.4 Å². The van der Waals surface area contributed by atoms with Gasteiger partial charge in [0.1, 0.15) is 5.82 Å². The van der Waals surface area contributed by atoms with Crippen LogP contribution in [0.1, 0.15) is 17.7 Å². The fourth-order valence-electron chi connectivity index (χ4n) is 2.14. The second-order valence-corrected chi connectivity index (χ2v) is 5.62. The van der Waals surface area contributed by atoms with Crippen molar-refractivity contribution >= 4 is 29.2 Å². The number of nitrogens with one attached hydrogen (secondary N) is 1. The van der Waals surface area contributed by atoms with Crippen LogP contribution in [-0.2, 0) is 9.59 Å². The average molecular weight is 279 g/mol. The number of hydrogen-bond donors (Lipinski definition) is 1. The maximum Gasteiger partial charge on any atom is 0.245 e. The first-order chi connectivity index (χ1) is 9.10. The molecule has 2 rings (SSSR count). The predicted molar refractivity (Wildman–Crippen MR) is 75.0 cm³/mol. The van der Waals surface area contributed by atoms with E-state index in [1.807, 2.05) is 13.0 Å². The molecule has 0 unspecified atom stereocenters. The Morgan fingerprint density at radius 1 is 1.53 bits per heavy atom. The van der Waals surface area contributed by atoms with Gasteiger partial charge >= 0.3 is 0 Å². The number of aryl methyl sites for hydroxylation is 1. The minimum atomic E-state index is -0.0611. The summed E-state index contributed by atoms with van der Waals surface area (Å²) in [5.41, 5.74) is 0. The highest BCUT2D eigenvalue weighted by Crippen LogP contribution is 2.20. The van der Waals surface area contributed by atoms with E-state index in [1.54, 1.807) is 4.90 Å². The molecule has 102 valence electrons. The Hall–Kier alpha value is -1.69. The zero-order chi connectivity index (χ0) is 13.8. The summed E-state index contributed by atoms with van der Waals surface area (Å²) in [5, 5.41) is 2.83. The third-order valence-corrected chi connectivity index (χ3v) is 3.93. The van der Waals surface area contributed by atoms with E-state index in [4.69, 9.17) is 0 Å². The van der Waals surface area contributed by atoms with E-state index in [1.165, 1.54) is 17.6 Å².